The van der Waals surface area contributed by atoms with Gasteiger partial charge in [-0.2, -0.15) is 0 Å². The molecule has 2 aromatic heterocycles. The van der Waals surface area contributed by atoms with Gasteiger partial charge in [-0.1, -0.05) is 18.2 Å². The molecule has 3 heterocycles. The molecule has 200 valence electrons. The van der Waals surface area contributed by atoms with Crippen molar-refractivity contribution in [1.82, 2.24) is 19.8 Å². The molecule has 1 aliphatic rings. The van der Waals surface area contributed by atoms with Crippen LogP contribution in [-0.2, 0) is 4.79 Å². The molecule has 0 bridgehead atoms. The second-order valence-corrected chi connectivity index (χ2v) is 9.84. The summed E-state index contributed by atoms with van der Waals surface area (Å²) in [5, 5.41) is 6.96. The van der Waals surface area contributed by atoms with E-state index in [0.29, 0.717) is 23.1 Å². The van der Waals surface area contributed by atoms with Crippen molar-refractivity contribution in [3.8, 4) is 11.4 Å². The number of hydrogen-bond donors (Lipinski definition) is 2. The first-order chi connectivity index (χ1) is 18.9. The lowest BCUT2D eigenvalue weighted by molar-refractivity contribution is -0.116. The third-order valence-corrected chi connectivity index (χ3v) is 7.38. The third-order valence-electron chi connectivity index (χ3n) is 7.03. The number of carbonyl (C=O) groups excluding carboxylic acids is 1. The zero-order valence-electron chi connectivity index (χ0n) is 22.0. The van der Waals surface area contributed by atoms with Crippen LogP contribution in [-0.4, -0.2) is 39.1 Å². The van der Waals surface area contributed by atoms with Gasteiger partial charge in [0.15, 0.2) is 5.11 Å². The number of para-hydroxylation sites is 2. The number of benzene rings is 2. The van der Waals surface area contributed by atoms with Crippen molar-refractivity contribution in [3.05, 3.63) is 107 Å². The zero-order chi connectivity index (χ0) is 27.5. The molecule has 5 rings (SSSR count). The van der Waals surface area contributed by atoms with Crippen molar-refractivity contribution in [2.24, 2.45) is 0 Å². The Morgan fingerprint density at radius 2 is 1.85 bits per heavy atom. The van der Waals surface area contributed by atoms with Gasteiger partial charge in [-0.05, 0) is 86.2 Å². The molecule has 0 radical (unpaired) electrons. The van der Waals surface area contributed by atoms with Crippen LogP contribution in [0.5, 0.6) is 5.75 Å². The van der Waals surface area contributed by atoms with Gasteiger partial charge < -0.3 is 24.8 Å². The van der Waals surface area contributed by atoms with Gasteiger partial charge in [-0.25, -0.2) is 4.39 Å². The highest BCUT2D eigenvalue weighted by Crippen LogP contribution is 2.41. The molecule has 1 fully saturated rings. The Bertz CT molecular complexity index is 1490. The Morgan fingerprint density at radius 1 is 1.10 bits per heavy atom. The van der Waals surface area contributed by atoms with Gasteiger partial charge in [0.1, 0.15) is 11.6 Å². The maximum Gasteiger partial charge on any atom is 0.226 e. The monoisotopic (exact) mass is 543 g/mol. The van der Waals surface area contributed by atoms with E-state index in [1.54, 1.807) is 31.5 Å². The van der Waals surface area contributed by atoms with Crippen molar-refractivity contribution in [1.29, 1.82) is 0 Å². The first kappa shape index (κ1) is 26.4. The lowest BCUT2D eigenvalue weighted by Crippen LogP contribution is -2.33. The summed E-state index contributed by atoms with van der Waals surface area (Å²) < 4.78 is 21.1. The van der Waals surface area contributed by atoms with Crippen LogP contribution in [0.2, 0.25) is 0 Å². The lowest BCUT2D eigenvalue weighted by atomic mass is 9.96. The lowest BCUT2D eigenvalue weighted by Gasteiger charge is -2.28. The average Bonchev–Trinajstić information content (AvgIpc) is 3.43. The van der Waals surface area contributed by atoms with Gasteiger partial charge in [-0.15, -0.1) is 0 Å². The van der Waals surface area contributed by atoms with E-state index in [2.05, 4.69) is 38.1 Å². The van der Waals surface area contributed by atoms with E-state index in [1.165, 1.54) is 12.1 Å². The number of rotatable bonds is 8. The summed E-state index contributed by atoms with van der Waals surface area (Å²) in [7, 11) is 1.57. The van der Waals surface area contributed by atoms with Crippen LogP contribution in [0, 0.1) is 19.7 Å². The van der Waals surface area contributed by atoms with Gasteiger partial charge in [0, 0.05) is 36.2 Å². The van der Waals surface area contributed by atoms with E-state index in [4.69, 9.17) is 17.0 Å². The second-order valence-electron chi connectivity index (χ2n) is 9.46. The minimum atomic E-state index is -0.278. The number of anilines is 1. The summed E-state index contributed by atoms with van der Waals surface area (Å²) >= 11 is 5.79. The average molecular weight is 544 g/mol. The van der Waals surface area contributed by atoms with E-state index in [-0.39, 0.29) is 30.2 Å². The fraction of sp³-hybridized carbons (Fsp3) is 0.233. The highest BCUT2D eigenvalue weighted by molar-refractivity contribution is 7.80. The molecule has 7 nitrogen and oxygen atoms in total. The number of methoxy groups -OCH3 is 1. The second kappa shape index (κ2) is 11.2. The molecule has 4 aromatic rings. The molecule has 39 heavy (non-hydrogen) atoms. The third kappa shape index (κ3) is 5.35. The Kier molecular flexibility index (Phi) is 7.60. The predicted molar refractivity (Wildman–Crippen MR) is 154 cm³/mol. The Morgan fingerprint density at radius 3 is 2.56 bits per heavy atom. The van der Waals surface area contributed by atoms with Gasteiger partial charge in [0.2, 0.25) is 5.91 Å². The topological polar surface area (TPSA) is 71.4 Å². The minimum Gasteiger partial charge on any atom is -0.495 e. The van der Waals surface area contributed by atoms with Crippen LogP contribution in [0.1, 0.15) is 41.1 Å². The summed E-state index contributed by atoms with van der Waals surface area (Å²) in [4.78, 5) is 19.6. The molecule has 1 amide bonds. The Labute approximate surface area is 232 Å². The van der Waals surface area contributed by atoms with E-state index in [0.717, 1.165) is 28.3 Å². The summed E-state index contributed by atoms with van der Waals surface area (Å²) in [6.07, 6.45) is 1.99. The zero-order valence-corrected chi connectivity index (χ0v) is 22.8. The minimum absolute atomic E-state index is 0.140. The number of thiocarbonyl (C=S) groups is 1. The Balaban J connectivity index is 1.46. The Hall–Kier alpha value is -4.24. The normalized spacial score (nSPS) is 16.7. The SMILES string of the molecule is COc1ccccc1NC(=O)CCN1C(=S)NC(c2ccccn2)C1c1cc(C)n(-c2ccc(F)cc2)c1C. The highest BCUT2D eigenvalue weighted by Gasteiger charge is 2.41. The fourth-order valence-corrected chi connectivity index (χ4v) is 5.57. The molecule has 2 aromatic carbocycles. The molecule has 0 spiro atoms. The number of halogens is 1. The smallest absolute Gasteiger partial charge is 0.226 e. The van der Waals surface area contributed by atoms with Crippen LogP contribution >= 0.6 is 12.2 Å². The first-order valence-corrected chi connectivity index (χ1v) is 13.1. The maximum absolute atomic E-state index is 13.6. The number of aromatic nitrogens is 2. The number of amides is 1. The molecule has 0 saturated carbocycles. The van der Waals surface area contributed by atoms with Gasteiger partial charge >= 0.3 is 0 Å². The highest BCUT2D eigenvalue weighted by atomic mass is 32.1. The van der Waals surface area contributed by atoms with Crippen LogP contribution in [0.25, 0.3) is 5.69 Å². The molecule has 1 saturated heterocycles. The fourth-order valence-electron chi connectivity index (χ4n) is 5.24. The molecular weight excluding hydrogens is 513 g/mol. The molecule has 1 aliphatic heterocycles. The number of nitrogens with one attached hydrogen (secondary N) is 2. The van der Waals surface area contributed by atoms with Crippen molar-refractivity contribution in [2.75, 3.05) is 19.0 Å². The largest absolute Gasteiger partial charge is 0.495 e. The summed E-state index contributed by atoms with van der Waals surface area (Å²) in [5.74, 6) is 0.184. The molecule has 9 heteroatoms. The number of aryl methyl sites for hydroxylation is 1. The van der Waals surface area contributed by atoms with Crippen LogP contribution in [0.3, 0.4) is 0 Å². The van der Waals surface area contributed by atoms with Crippen molar-refractivity contribution in [3.63, 3.8) is 0 Å². The summed E-state index contributed by atoms with van der Waals surface area (Å²) in [5.41, 5.74) is 5.45. The van der Waals surface area contributed by atoms with Crippen LogP contribution in [0.15, 0.2) is 79.0 Å². The molecule has 2 atom stereocenters. The molecule has 0 aliphatic carbocycles. The van der Waals surface area contributed by atoms with Gasteiger partial charge in [0.05, 0.1) is 30.6 Å². The predicted octanol–water partition coefficient (Wildman–Crippen LogP) is 5.64. The van der Waals surface area contributed by atoms with E-state index < -0.39 is 0 Å². The van der Waals surface area contributed by atoms with Crippen LogP contribution < -0.4 is 15.4 Å². The summed E-state index contributed by atoms with van der Waals surface area (Å²) in [6.45, 7) is 4.48. The number of pyridine rings is 1. The van der Waals surface area contributed by atoms with Crippen LogP contribution in [0.4, 0.5) is 10.1 Å². The quantitative estimate of drug-likeness (QED) is 0.281. The molecule has 2 unspecified atom stereocenters. The number of nitrogens with zero attached hydrogens (tertiary/aromatic N) is 3. The number of ether oxygens (including phenoxy) is 1. The first-order valence-electron chi connectivity index (χ1n) is 12.7. The van der Waals surface area contributed by atoms with Crippen molar-refractivity contribution < 1.29 is 13.9 Å². The van der Waals surface area contributed by atoms with E-state index >= 15 is 0 Å². The maximum atomic E-state index is 13.6. The van der Waals surface area contributed by atoms with E-state index in [9.17, 15) is 9.18 Å². The van der Waals surface area contributed by atoms with Crippen molar-refractivity contribution in [2.45, 2.75) is 32.4 Å². The number of hydrogen-bond acceptors (Lipinski definition) is 4. The van der Waals surface area contributed by atoms with E-state index in [1.807, 2.05) is 43.3 Å². The van der Waals surface area contributed by atoms with Gasteiger partial charge in [-0.3, -0.25) is 9.78 Å². The standard InChI is InChI=1S/C30H30FN5O2S/c1-19-18-23(20(2)36(19)22-13-11-21(31)12-14-22)29-28(25-9-6-7-16-32-25)34-30(39)35(29)17-15-27(37)33-24-8-4-5-10-26(24)38-3/h4-14,16,18,28-29H,15,17H2,1-3H3,(H,33,37)(H,34,39). The molecule has 2 N–H and O–H groups in total. The summed E-state index contributed by atoms with van der Waals surface area (Å²) in [6, 6.07) is 21.3. The van der Waals surface area contributed by atoms with Crippen molar-refractivity contribution >= 4 is 28.9 Å². The number of carbonyl (C=O) groups is 1. The van der Waals surface area contributed by atoms with Gasteiger partial charge in [0.25, 0.3) is 0 Å². The molecular formula is C30H30FN5O2S.